The molecule has 0 bridgehead atoms. The van der Waals surface area contributed by atoms with Gasteiger partial charge in [0.1, 0.15) is 12.4 Å². The van der Waals surface area contributed by atoms with Gasteiger partial charge in [0.15, 0.2) is 0 Å². The van der Waals surface area contributed by atoms with Gasteiger partial charge in [0, 0.05) is 24.3 Å². The van der Waals surface area contributed by atoms with Crippen LogP contribution in [-0.2, 0) is 0 Å². The Hall–Kier alpha value is -1.97. The summed E-state index contributed by atoms with van der Waals surface area (Å²) >= 11 is 0. The number of hydrogen-bond donors (Lipinski definition) is 1. The summed E-state index contributed by atoms with van der Waals surface area (Å²) in [6, 6.07) is 5.79. The summed E-state index contributed by atoms with van der Waals surface area (Å²) in [5, 5.41) is 2.79. The van der Waals surface area contributed by atoms with Gasteiger partial charge >= 0.3 is 6.03 Å². The van der Waals surface area contributed by atoms with Crippen LogP contribution in [0.4, 0.5) is 10.5 Å². The lowest BCUT2D eigenvalue weighted by Gasteiger charge is -2.18. The molecule has 2 heterocycles. The maximum atomic E-state index is 11.5. The minimum atomic E-state index is -0.0272. The van der Waals surface area contributed by atoms with Crippen LogP contribution in [0.5, 0.6) is 5.75 Å². The third-order valence-electron chi connectivity index (χ3n) is 2.79. The van der Waals surface area contributed by atoms with E-state index in [1.54, 1.807) is 4.90 Å². The number of rotatable bonds is 1. The van der Waals surface area contributed by atoms with Crippen molar-refractivity contribution in [3.05, 3.63) is 29.8 Å². The van der Waals surface area contributed by atoms with Gasteiger partial charge in [0.05, 0.1) is 0 Å². The molecule has 4 nitrogen and oxygen atoms in total. The monoisotopic (exact) mass is 216 g/mol. The summed E-state index contributed by atoms with van der Waals surface area (Å²) in [4.78, 5) is 13.2. The van der Waals surface area contributed by atoms with Crippen molar-refractivity contribution in [1.82, 2.24) is 5.32 Å². The Kier molecular flexibility index (Phi) is 2.06. The minimum absolute atomic E-state index is 0.0272. The summed E-state index contributed by atoms with van der Waals surface area (Å²) in [7, 11) is 0. The maximum absolute atomic E-state index is 11.5. The summed E-state index contributed by atoms with van der Waals surface area (Å²) in [5.74, 6) is 0.880. The van der Waals surface area contributed by atoms with E-state index in [0.29, 0.717) is 13.2 Å². The Morgan fingerprint density at radius 1 is 1.38 bits per heavy atom. The molecule has 1 aromatic rings. The molecule has 2 aliphatic rings. The zero-order valence-electron chi connectivity index (χ0n) is 8.77. The summed E-state index contributed by atoms with van der Waals surface area (Å²) in [6.45, 7) is 2.06. The second-order valence-electron chi connectivity index (χ2n) is 3.82. The van der Waals surface area contributed by atoms with Crippen molar-refractivity contribution in [2.24, 2.45) is 0 Å². The first-order valence-corrected chi connectivity index (χ1v) is 5.33. The number of nitrogens with one attached hydrogen (secondary N) is 1. The Labute approximate surface area is 93.5 Å². The molecule has 0 aliphatic carbocycles. The standard InChI is InChI=1S/C12H12N2O2/c15-12-13-5-6-14(12)10-3-4-11-9(8-10)2-1-7-16-11/h1-4,8H,5-7H2,(H,13,15). The van der Waals surface area contributed by atoms with E-state index in [0.717, 1.165) is 23.5 Å². The number of carbonyl (C=O) groups is 1. The lowest BCUT2D eigenvalue weighted by molar-refractivity contribution is 0.252. The first kappa shape index (κ1) is 9.27. The highest BCUT2D eigenvalue weighted by molar-refractivity contribution is 5.94. The normalized spacial score (nSPS) is 18.0. The largest absolute Gasteiger partial charge is 0.489 e. The van der Waals surface area contributed by atoms with E-state index in [1.165, 1.54) is 0 Å². The Balaban J connectivity index is 1.97. The number of amides is 2. The van der Waals surface area contributed by atoms with Crippen LogP contribution in [0.25, 0.3) is 6.08 Å². The lowest BCUT2D eigenvalue weighted by atomic mass is 10.1. The number of nitrogens with zero attached hydrogens (tertiary/aromatic N) is 1. The van der Waals surface area contributed by atoms with Crippen molar-refractivity contribution in [3.8, 4) is 5.75 Å². The molecule has 0 spiro atoms. The minimum Gasteiger partial charge on any atom is -0.489 e. The van der Waals surface area contributed by atoms with Crippen LogP contribution in [0.1, 0.15) is 5.56 Å². The van der Waals surface area contributed by atoms with Gasteiger partial charge in [-0.05, 0) is 24.3 Å². The average molecular weight is 216 g/mol. The predicted octanol–water partition coefficient (Wildman–Crippen LogP) is 1.62. The van der Waals surface area contributed by atoms with Gasteiger partial charge in [-0.15, -0.1) is 0 Å². The summed E-state index contributed by atoms with van der Waals surface area (Å²) < 4.78 is 5.46. The fraction of sp³-hybridized carbons (Fsp3) is 0.250. The molecule has 4 heteroatoms. The third-order valence-corrected chi connectivity index (χ3v) is 2.79. The van der Waals surface area contributed by atoms with Gasteiger partial charge < -0.3 is 10.1 Å². The van der Waals surface area contributed by atoms with Crippen LogP contribution in [0.3, 0.4) is 0 Å². The van der Waals surface area contributed by atoms with Crippen molar-refractivity contribution in [2.75, 3.05) is 24.6 Å². The van der Waals surface area contributed by atoms with Gasteiger partial charge in [-0.2, -0.15) is 0 Å². The number of ether oxygens (including phenoxy) is 1. The second kappa shape index (κ2) is 3.56. The Morgan fingerprint density at radius 2 is 2.31 bits per heavy atom. The molecular formula is C12H12N2O2. The van der Waals surface area contributed by atoms with Gasteiger partial charge in [-0.1, -0.05) is 6.08 Å². The van der Waals surface area contributed by atoms with Gasteiger partial charge in [0.2, 0.25) is 0 Å². The first-order chi connectivity index (χ1) is 7.84. The van der Waals surface area contributed by atoms with Gasteiger partial charge in [0.25, 0.3) is 0 Å². The third kappa shape index (κ3) is 1.43. The molecule has 16 heavy (non-hydrogen) atoms. The molecule has 0 radical (unpaired) electrons. The smallest absolute Gasteiger partial charge is 0.321 e. The number of hydrogen-bond acceptors (Lipinski definition) is 2. The maximum Gasteiger partial charge on any atom is 0.321 e. The van der Waals surface area contributed by atoms with Crippen LogP contribution in [-0.4, -0.2) is 25.7 Å². The fourth-order valence-corrected chi connectivity index (χ4v) is 2.00. The van der Waals surface area contributed by atoms with E-state index in [1.807, 2.05) is 30.4 Å². The topological polar surface area (TPSA) is 41.6 Å². The fourth-order valence-electron chi connectivity index (χ4n) is 2.00. The van der Waals surface area contributed by atoms with Crippen LogP contribution in [0, 0.1) is 0 Å². The molecule has 3 rings (SSSR count). The lowest BCUT2D eigenvalue weighted by Crippen LogP contribution is -2.27. The summed E-state index contributed by atoms with van der Waals surface area (Å²) in [6.07, 6.45) is 3.99. The average Bonchev–Trinajstić information content (AvgIpc) is 2.75. The van der Waals surface area contributed by atoms with Crippen LogP contribution in [0.15, 0.2) is 24.3 Å². The second-order valence-corrected chi connectivity index (χ2v) is 3.82. The number of fused-ring (bicyclic) bond motifs is 1. The number of anilines is 1. The van der Waals surface area contributed by atoms with Gasteiger partial charge in [-0.25, -0.2) is 4.79 Å². The number of carbonyl (C=O) groups excluding carboxylic acids is 1. The molecule has 0 unspecified atom stereocenters. The molecule has 0 saturated carbocycles. The molecule has 82 valence electrons. The van der Waals surface area contributed by atoms with Crippen molar-refractivity contribution in [2.45, 2.75) is 0 Å². The quantitative estimate of drug-likeness (QED) is 0.775. The highest BCUT2D eigenvalue weighted by atomic mass is 16.5. The molecule has 1 fully saturated rings. The van der Waals surface area contributed by atoms with Crippen molar-refractivity contribution >= 4 is 17.8 Å². The molecule has 1 saturated heterocycles. The Bertz CT molecular complexity index is 468. The zero-order valence-corrected chi connectivity index (χ0v) is 8.77. The highest BCUT2D eigenvalue weighted by Gasteiger charge is 2.21. The molecule has 0 atom stereocenters. The molecule has 0 aromatic heterocycles. The molecule has 1 N–H and O–H groups in total. The van der Waals surface area contributed by atoms with E-state index < -0.39 is 0 Å². The first-order valence-electron chi connectivity index (χ1n) is 5.33. The van der Waals surface area contributed by atoms with E-state index >= 15 is 0 Å². The highest BCUT2D eigenvalue weighted by Crippen LogP contribution is 2.28. The van der Waals surface area contributed by atoms with Crippen LogP contribution < -0.4 is 15.0 Å². The zero-order chi connectivity index (χ0) is 11.0. The number of urea groups is 1. The van der Waals surface area contributed by atoms with Crippen LogP contribution >= 0.6 is 0 Å². The van der Waals surface area contributed by atoms with E-state index in [2.05, 4.69) is 5.32 Å². The number of benzene rings is 1. The molecular weight excluding hydrogens is 204 g/mol. The van der Waals surface area contributed by atoms with Crippen LogP contribution in [0.2, 0.25) is 0 Å². The Morgan fingerprint density at radius 3 is 3.12 bits per heavy atom. The summed E-state index contributed by atoms with van der Waals surface area (Å²) in [5.41, 5.74) is 1.95. The van der Waals surface area contributed by atoms with Crippen molar-refractivity contribution < 1.29 is 9.53 Å². The molecule has 2 amide bonds. The van der Waals surface area contributed by atoms with Crippen molar-refractivity contribution in [1.29, 1.82) is 0 Å². The van der Waals surface area contributed by atoms with E-state index in [4.69, 9.17) is 4.74 Å². The predicted molar refractivity (Wildman–Crippen MR) is 61.7 cm³/mol. The van der Waals surface area contributed by atoms with Gasteiger partial charge in [-0.3, -0.25) is 4.90 Å². The molecule has 2 aliphatic heterocycles. The SMILES string of the molecule is O=C1NCCN1c1ccc2c(c1)C=CCO2. The van der Waals surface area contributed by atoms with E-state index in [-0.39, 0.29) is 6.03 Å². The van der Waals surface area contributed by atoms with E-state index in [9.17, 15) is 4.79 Å². The van der Waals surface area contributed by atoms with Crippen molar-refractivity contribution in [3.63, 3.8) is 0 Å². The molecule has 1 aromatic carbocycles.